The molecule has 0 aliphatic carbocycles. The monoisotopic (exact) mass is 368 g/mol. The van der Waals surface area contributed by atoms with Gasteiger partial charge in [-0.2, -0.15) is 0 Å². The van der Waals surface area contributed by atoms with Crippen molar-refractivity contribution in [2.75, 3.05) is 19.6 Å². The highest BCUT2D eigenvalue weighted by Gasteiger charge is 2.19. The summed E-state index contributed by atoms with van der Waals surface area (Å²) < 4.78 is 0. The van der Waals surface area contributed by atoms with Gasteiger partial charge in [0, 0.05) is 18.7 Å². The fourth-order valence-corrected chi connectivity index (χ4v) is 3.05. The fourth-order valence-electron chi connectivity index (χ4n) is 3.05. The predicted molar refractivity (Wildman–Crippen MR) is 107 cm³/mol. The second-order valence-electron chi connectivity index (χ2n) is 6.27. The molecule has 0 radical (unpaired) electrons. The predicted octanol–water partition coefficient (Wildman–Crippen LogP) is 2.67. The van der Waals surface area contributed by atoms with Crippen LogP contribution in [0.25, 0.3) is 0 Å². The summed E-state index contributed by atoms with van der Waals surface area (Å²) in [5, 5.41) is 5.57. The maximum absolute atomic E-state index is 12.5. The summed E-state index contributed by atoms with van der Waals surface area (Å²) in [4.78, 5) is 25.6. The molecule has 6 nitrogen and oxygen atoms in total. The molecule has 0 saturated carbocycles. The zero-order chi connectivity index (χ0) is 19.6. The van der Waals surface area contributed by atoms with Crippen molar-refractivity contribution in [3.05, 3.63) is 71.3 Å². The molecule has 0 fully saturated rings. The standard InChI is InChI=1S/C21H28N4O2/c1-3-25(4-2)19(17-8-6-5-7-9-17)15-23-20(26)18-12-10-16(11-13-18)14-24-21(22)27/h5-13,19H,3-4,14-15H2,1-2H3,(H,23,26)(H3,22,24,27). The van der Waals surface area contributed by atoms with Crippen LogP contribution in [0.3, 0.4) is 0 Å². The van der Waals surface area contributed by atoms with Crippen LogP contribution >= 0.6 is 0 Å². The lowest BCUT2D eigenvalue weighted by atomic mass is 10.0. The summed E-state index contributed by atoms with van der Waals surface area (Å²) in [6.45, 7) is 6.95. The average molecular weight is 368 g/mol. The van der Waals surface area contributed by atoms with E-state index in [1.807, 2.05) is 30.3 Å². The van der Waals surface area contributed by atoms with Gasteiger partial charge in [0.05, 0.1) is 6.04 Å². The van der Waals surface area contributed by atoms with Gasteiger partial charge < -0.3 is 16.4 Å². The number of benzene rings is 2. The Morgan fingerprint density at radius 1 is 0.963 bits per heavy atom. The molecule has 0 aliphatic rings. The summed E-state index contributed by atoms with van der Waals surface area (Å²) in [6.07, 6.45) is 0. The first-order valence-electron chi connectivity index (χ1n) is 9.24. The first kappa shape index (κ1) is 20.5. The molecule has 144 valence electrons. The van der Waals surface area contributed by atoms with Crippen molar-refractivity contribution >= 4 is 11.9 Å². The third kappa shape index (κ3) is 6.11. The largest absolute Gasteiger partial charge is 0.352 e. The van der Waals surface area contributed by atoms with Gasteiger partial charge in [0.15, 0.2) is 0 Å². The molecule has 0 aromatic heterocycles. The van der Waals surface area contributed by atoms with E-state index in [1.54, 1.807) is 12.1 Å². The Morgan fingerprint density at radius 2 is 1.59 bits per heavy atom. The minimum atomic E-state index is -0.569. The first-order chi connectivity index (χ1) is 13.0. The van der Waals surface area contributed by atoms with Gasteiger partial charge in [0.1, 0.15) is 0 Å². The molecule has 2 rings (SSSR count). The Kier molecular flexibility index (Phi) is 7.82. The van der Waals surface area contributed by atoms with E-state index in [0.29, 0.717) is 18.7 Å². The Morgan fingerprint density at radius 3 is 2.15 bits per heavy atom. The van der Waals surface area contributed by atoms with Crippen LogP contribution in [0.5, 0.6) is 0 Å². The highest BCUT2D eigenvalue weighted by molar-refractivity contribution is 5.94. The molecule has 6 heteroatoms. The molecule has 27 heavy (non-hydrogen) atoms. The van der Waals surface area contributed by atoms with Gasteiger partial charge in [-0.05, 0) is 36.3 Å². The van der Waals surface area contributed by atoms with Crippen LogP contribution in [0.15, 0.2) is 54.6 Å². The molecule has 3 amide bonds. The van der Waals surface area contributed by atoms with Gasteiger partial charge in [0.25, 0.3) is 5.91 Å². The number of likely N-dealkylation sites (N-methyl/N-ethyl adjacent to an activating group) is 1. The van der Waals surface area contributed by atoms with E-state index in [1.165, 1.54) is 5.56 Å². The van der Waals surface area contributed by atoms with Crippen LogP contribution < -0.4 is 16.4 Å². The normalized spacial score (nSPS) is 11.8. The van der Waals surface area contributed by atoms with E-state index in [4.69, 9.17) is 5.73 Å². The number of amides is 3. The van der Waals surface area contributed by atoms with E-state index >= 15 is 0 Å². The first-order valence-corrected chi connectivity index (χ1v) is 9.24. The minimum Gasteiger partial charge on any atom is -0.352 e. The lowest BCUT2D eigenvalue weighted by Gasteiger charge is -2.30. The third-order valence-electron chi connectivity index (χ3n) is 4.58. The summed E-state index contributed by atoms with van der Waals surface area (Å²) >= 11 is 0. The fraction of sp³-hybridized carbons (Fsp3) is 0.333. The zero-order valence-corrected chi connectivity index (χ0v) is 15.9. The van der Waals surface area contributed by atoms with Crippen molar-refractivity contribution in [3.63, 3.8) is 0 Å². The minimum absolute atomic E-state index is 0.113. The summed E-state index contributed by atoms with van der Waals surface area (Å²) in [7, 11) is 0. The summed E-state index contributed by atoms with van der Waals surface area (Å²) in [5.41, 5.74) is 7.72. The number of nitrogens with two attached hydrogens (primary N) is 1. The number of nitrogens with one attached hydrogen (secondary N) is 2. The molecular formula is C21H28N4O2. The van der Waals surface area contributed by atoms with Crippen molar-refractivity contribution in [1.82, 2.24) is 15.5 Å². The number of nitrogens with zero attached hydrogens (tertiary/aromatic N) is 1. The molecule has 1 atom stereocenters. The van der Waals surface area contributed by atoms with Crippen LogP contribution in [0.2, 0.25) is 0 Å². The van der Waals surface area contributed by atoms with Gasteiger partial charge >= 0.3 is 6.03 Å². The van der Waals surface area contributed by atoms with E-state index in [2.05, 4.69) is 41.5 Å². The van der Waals surface area contributed by atoms with E-state index in [-0.39, 0.29) is 11.9 Å². The Labute approximate surface area is 160 Å². The maximum Gasteiger partial charge on any atom is 0.312 e. The van der Waals surface area contributed by atoms with E-state index in [0.717, 1.165) is 18.7 Å². The number of urea groups is 1. The molecule has 2 aromatic rings. The van der Waals surface area contributed by atoms with Crippen molar-refractivity contribution < 1.29 is 9.59 Å². The zero-order valence-electron chi connectivity index (χ0n) is 15.9. The average Bonchev–Trinajstić information content (AvgIpc) is 2.70. The number of carbonyl (C=O) groups is 2. The van der Waals surface area contributed by atoms with Crippen LogP contribution in [0.4, 0.5) is 4.79 Å². The van der Waals surface area contributed by atoms with Crippen molar-refractivity contribution in [1.29, 1.82) is 0 Å². The molecule has 4 N–H and O–H groups in total. The lowest BCUT2D eigenvalue weighted by Crippen LogP contribution is -2.38. The number of carbonyl (C=O) groups excluding carboxylic acids is 2. The molecule has 1 unspecified atom stereocenters. The maximum atomic E-state index is 12.5. The quantitative estimate of drug-likeness (QED) is 0.636. The number of rotatable bonds is 9. The van der Waals surface area contributed by atoms with Crippen LogP contribution in [-0.2, 0) is 6.54 Å². The van der Waals surface area contributed by atoms with Crippen molar-refractivity contribution in [2.24, 2.45) is 5.73 Å². The summed E-state index contributed by atoms with van der Waals surface area (Å²) in [5.74, 6) is -0.113. The Hall–Kier alpha value is -2.86. The number of hydrogen-bond acceptors (Lipinski definition) is 3. The van der Waals surface area contributed by atoms with Gasteiger partial charge in [0.2, 0.25) is 0 Å². The van der Waals surface area contributed by atoms with Gasteiger partial charge in [-0.3, -0.25) is 9.69 Å². The van der Waals surface area contributed by atoms with Gasteiger partial charge in [-0.15, -0.1) is 0 Å². The molecule has 0 aliphatic heterocycles. The SMILES string of the molecule is CCN(CC)C(CNC(=O)c1ccc(CNC(N)=O)cc1)c1ccccc1. The second kappa shape index (κ2) is 10.3. The topological polar surface area (TPSA) is 87.5 Å². The van der Waals surface area contributed by atoms with Crippen molar-refractivity contribution in [2.45, 2.75) is 26.4 Å². The van der Waals surface area contributed by atoms with Crippen molar-refractivity contribution in [3.8, 4) is 0 Å². The third-order valence-corrected chi connectivity index (χ3v) is 4.58. The van der Waals surface area contributed by atoms with E-state index in [9.17, 15) is 9.59 Å². The molecular weight excluding hydrogens is 340 g/mol. The molecule has 0 heterocycles. The molecule has 0 bridgehead atoms. The van der Waals surface area contributed by atoms with Crippen LogP contribution in [0, 0.1) is 0 Å². The van der Waals surface area contributed by atoms with Crippen LogP contribution in [-0.4, -0.2) is 36.5 Å². The smallest absolute Gasteiger partial charge is 0.312 e. The molecule has 0 spiro atoms. The second-order valence-corrected chi connectivity index (χ2v) is 6.27. The molecule has 2 aromatic carbocycles. The number of hydrogen-bond donors (Lipinski definition) is 3. The molecule has 0 saturated heterocycles. The number of primary amides is 1. The highest BCUT2D eigenvalue weighted by Crippen LogP contribution is 2.19. The van der Waals surface area contributed by atoms with Gasteiger partial charge in [-0.25, -0.2) is 4.79 Å². The van der Waals surface area contributed by atoms with Gasteiger partial charge in [-0.1, -0.05) is 56.3 Å². The Balaban J connectivity index is 2.01. The highest BCUT2D eigenvalue weighted by atomic mass is 16.2. The Bertz CT molecular complexity index is 728. The van der Waals surface area contributed by atoms with E-state index < -0.39 is 6.03 Å². The lowest BCUT2D eigenvalue weighted by molar-refractivity contribution is 0.0935. The summed E-state index contributed by atoms with van der Waals surface area (Å²) in [6, 6.07) is 16.9. The van der Waals surface area contributed by atoms with Crippen LogP contribution in [0.1, 0.15) is 41.4 Å².